The fourth-order valence-corrected chi connectivity index (χ4v) is 3.06. The lowest BCUT2D eigenvalue weighted by molar-refractivity contribution is -0.0988. The highest BCUT2D eigenvalue weighted by Crippen LogP contribution is 2.37. The van der Waals surface area contributed by atoms with Gasteiger partial charge in [0, 0.05) is 18.2 Å². The van der Waals surface area contributed by atoms with Gasteiger partial charge in [0.25, 0.3) is 5.56 Å². The van der Waals surface area contributed by atoms with Crippen molar-refractivity contribution < 1.29 is 9.84 Å². The average Bonchev–Trinajstić information content (AvgIpc) is 2.96. The van der Waals surface area contributed by atoms with Crippen LogP contribution >= 0.6 is 0 Å². The molecule has 122 valence electrons. The van der Waals surface area contributed by atoms with Gasteiger partial charge in [0.05, 0.1) is 12.2 Å². The lowest BCUT2D eigenvalue weighted by Crippen LogP contribution is -2.38. The molecular formula is C17H20N2O4. The number of H-pyrrole nitrogens is 1. The number of benzene rings is 1. The summed E-state index contributed by atoms with van der Waals surface area (Å²) in [6.45, 7) is 1.53. The van der Waals surface area contributed by atoms with Crippen LogP contribution in [0, 0.1) is 6.92 Å². The van der Waals surface area contributed by atoms with E-state index in [4.69, 9.17) is 4.74 Å². The van der Waals surface area contributed by atoms with Gasteiger partial charge in [0.15, 0.2) is 0 Å². The molecule has 1 aromatic heterocycles. The van der Waals surface area contributed by atoms with E-state index in [0.29, 0.717) is 24.8 Å². The Morgan fingerprint density at radius 2 is 2.09 bits per heavy atom. The summed E-state index contributed by atoms with van der Waals surface area (Å²) in [7, 11) is 0. The summed E-state index contributed by atoms with van der Waals surface area (Å²) in [5.41, 5.74) is -0.0406. The highest BCUT2D eigenvalue weighted by atomic mass is 16.5. The van der Waals surface area contributed by atoms with Crippen molar-refractivity contribution in [3.8, 4) is 0 Å². The summed E-state index contributed by atoms with van der Waals surface area (Å²) in [4.78, 5) is 25.8. The predicted octanol–water partition coefficient (Wildman–Crippen LogP) is 1.13. The van der Waals surface area contributed by atoms with Crippen molar-refractivity contribution in [2.45, 2.75) is 38.0 Å². The zero-order valence-electron chi connectivity index (χ0n) is 13.0. The zero-order chi connectivity index (χ0) is 16.4. The molecular weight excluding hydrogens is 296 g/mol. The molecule has 6 heteroatoms. The minimum Gasteiger partial charge on any atom is -0.393 e. The van der Waals surface area contributed by atoms with Gasteiger partial charge in [-0.1, -0.05) is 30.3 Å². The van der Waals surface area contributed by atoms with Gasteiger partial charge in [0.1, 0.15) is 6.23 Å². The van der Waals surface area contributed by atoms with E-state index < -0.39 is 17.5 Å². The Labute approximate surface area is 133 Å². The van der Waals surface area contributed by atoms with Crippen molar-refractivity contribution >= 4 is 0 Å². The van der Waals surface area contributed by atoms with E-state index in [-0.39, 0.29) is 12.2 Å². The molecule has 2 N–H and O–H groups in total. The number of hydrogen-bond donors (Lipinski definition) is 2. The maximum Gasteiger partial charge on any atom is 0.330 e. The molecule has 2 atom stereocenters. The van der Waals surface area contributed by atoms with Gasteiger partial charge in [-0.3, -0.25) is 14.3 Å². The van der Waals surface area contributed by atoms with Crippen LogP contribution in [-0.2, 0) is 11.2 Å². The molecule has 0 aliphatic carbocycles. The van der Waals surface area contributed by atoms with E-state index in [1.54, 1.807) is 6.92 Å². The first-order valence-corrected chi connectivity index (χ1v) is 7.68. The fraction of sp³-hybridized carbons (Fsp3) is 0.412. The SMILES string of the molecule is Cc1cn([C@H]2CC[C@](CO)(Cc3ccccc3)O2)c(=O)[nH]c1=O. The number of aliphatic hydroxyl groups excluding tert-OH is 1. The van der Waals surface area contributed by atoms with Crippen molar-refractivity contribution in [2.75, 3.05) is 6.61 Å². The maximum atomic E-state index is 12.0. The summed E-state index contributed by atoms with van der Waals surface area (Å²) >= 11 is 0. The fourth-order valence-electron chi connectivity index (χ4n) is 3.06. The van der Waals surface area contributed by atoms with E-state index in [0.717, 1.165) is 5.56 Å². The molecule has 1 saturated heterocycles. The lowest BCUT2D eigenvalue weighted by Gasteiger charge is -2.28. The Balaban J connectivity index is 1.85. The molecule has 3 rings (SSSR count). The molecule has 0 amide bonds. The van der Waals surface area contributed by atoms with Crippen molar-refractivity contribution in [3.63, 3.8) is 0 Å². The van der Waals surface area contributed by atoms with Gasteiger partial charge in [-0.25, -0.2) is 4.79 Å². The number of nitrogens with zero attached hydrogens (tertiary/aromatic N) is 1. The Kier molecular flexibility index (Phi) is 4.19. The second-order valence-electron chi connectivity index (χ2n) is 6.09. The van der Waals surface area contributed by atoms with E-state index in [1.165, 1.54) is 10.8 Å². The third-order valence-electron chi connectivity index (χ3n) is 4.35. The number of hydrogen-bond acceptors (Lipinski definition) is 4. The smallest absolute Gasteiger partial charge is 0.330 e. The second kappa shape index (κ2) is 6.14. The molecule has 0 saturated carbocycles. The van der Waals surface area contributed by atoms with E-state index in [2.05, 4.69) is 4.98 Å². The topological polar surface area (TPSA) is 84.3 Å². The summed E-state index contributed by atoms with van der Waals surface area (Å²) in [5, 5.41) is 9.84. The number of ether oxygens (including phenoxy) is 1. The van der Waals surface area contributed by atoms with Crippen LogP contribution < -0.4 is 11.2 Å². The number of aromatic nitrogens is 2. The van der Waals surface area contributed by atoms with Gasteiger partial charge >= 0.3 is 5.69 Å². The first kappa shape index (κ1) is 15.7. The van der Waals surface area contributed by atoms with E-state index in [1.807, 2.05) is 30.3 Å². The second-order valence-corrected chi connectivity index (χ2v) is 6.09. The average molecular weight is 316 g/mol. The van der Waals surface area contributed by atoms with Crippen molar-refractivity contribution in [3.05, 3.63) is 68.5 Å². The number of aryl methyl sites for hydroxylation is 1. The first-order chi connectivity index (χ1) is 11.0. The third kappa shape index (κ3) is 3.13. The molecule has 2 heterocycles. The standard InChI is InChI=1S/C17H20N2O4/c1-12-10-19(16(22)18-15(12)21)14-7-8-17(11-20,23-14)9-13-5-3-2-4-6-13/h2-6,10,14,20H,7-9,11H2,1H3,(H,18,21,22)/t14-,17-/m1/s1. The normalized spacial score (nSPS) is 24.0. The molecule has 2 aromatic rings. The van der Waals surface area contributed by atoms with E-state index >= 15 is 0 Å². The van der Waals surface area contributed by atoms with Crippen LogP contribution in [0.1, 0.15) is 30.2 Å². The highest BCUT2D eigenvalue weighted by Gasteiger charge is 2.41. The Morgan fingerprint density at radius 1 is 1.35 bits per heavy atom. The highest BCUT2D eigenvalue weighted by molar-refractivity contribution is 5.18. The lowest BCUT2D eigenvalue weighted by atomic mass is 9.92. The number of nitrogens with one attached hydrogen (secondary N) is 1. The molecule has 0 bridgehead atoms. The largest absolute Gasteiger partial charge is 0.393 e. The summed E-state index contributed by atoms with van der Waals surface area (Å²) in [6.07, 6.45) is 2.88. The van der Waals surface area contributed by atoms with Crippen LogP contribution in [0.25, 0.3) is 0 Å². The van der Waals surface area contributed by atoms with Gasteiger partial charge in [-0.15, -0.1) is 0 Å². The molecule has 6 nitrogen and oxygen atoms in total. The zero-order valence-corrected chi connectivity index (χ0v) is 13.0. The maximum absolute atomic E-state index is 12.0. The molecule has 0 spiro atoms. The van der Waals surface area contributed by atoms with Crippen LogP contribution in [0.15, 0.2) is 46.1 Å². The minimum atomic E-state index is -0.699. The van der Waals surface area contributed by atoms with Crippen molar-refractivity contribution in [1.82, 2.24) is 9.55 Å². The van der Waals surface area contributed by atoms with Gasteiger partial charge in [-0.05, 0) is 25.3 Å². The molecule has 1 aliphatic rings. The summed E-state index contributed by atoms with van der Waals surface area (Å²) in [5.74, 6) is 0. The van der Waals surface area contributed by atoms with Gasteiger partial charge < -0.3 is 9.84 Å². The molecule has 0 unspecified atom stereocenters. The predicted molar refractivity (Wildman–Crippen MR) is 85.4 cm³/mol. The molecule has 0 radical (unpaired) electrons. The van der Waals surface area contributed by atoms with Gasteiger partial charge in [0.2, 0.25) is 0 Å². The number of rotatable bonds is 4. The molecule has 1 aromatic carbocycles. The van der Waals surface area contributed by atoms with Gasteiger partial charge in [-0.2, -0.15) is 0 Å². The molecule has 23 heavy (non-hydrogen) atoms. The monoisotopic (exact) mass is 316 g/mol. The Morgan fingerprint density at radius 3 is 2.78 bits per heavy atom. The molecule has 1 fully saturated rings. The number of aliphatic hydroxyl groups is 1. The van der Waals surface area contributed by atoms with Crippen LogP contribution in [0.4, 0.5) is 0 Å². The molecule has 1 aliphatic heterocycles. The van der Waals surface area contributed by atoms with Crippen LogP contribution in [0.3, 0.4) is 0 Å². The summed E-state index contributed by atoms with van der Waals surface area (Å²) in [6, 6.07) is 9.82. The minimum absolute atomic E-state index is 0.116. The third-order valence-corrected chi connectivity index (χ3v) is 4.35. The van der Waals surface area contributed by atoms with Crippen LogP contribution in [-0.4, -0.2) is 26.9 Å². The van der Waals surface area contributed by atoms with Crippen LogP contribution in [0.5, 0.6) is 0 Å². The Bertz CT molecular complexity index is 796. The van der Waals surface area contributed by atoms with Crippen molar-refractivity contribution in [2.24, 2.45) is 0 Å². The van der Waals surface area contributed by atoms with Crippen LogP contribution in [0.2, 0.25) is 0 Å². The first-order valence-electron chi connectivity index (χ1n) is 7.68. The Hall–Kier alpha value is -2.18. The van der Waals surface area contributed by atoms with Crippen molar-refractivity contribution in [1.29, 1.82) is 0 Å². The van der Waals surface area contributed by atoms with E-state index in [9.17, 15) is 14.7 Å². The number of aromatic amines is 1. The quantitative estimate of drug-likeness (QED) is 0.885. The summed E-state index contributed by atoms with van der Waals surface area (Å²) < 4.78 is 7.46.